The predicted octanol–water partition coefficient (Wildman–Crippen LogP) is 2.42. The quantitative estimate of drug-likeness (QED) is 0.765. The third-order valence-electron chi connectivity index (χ3n) is 3.47. The highest BCUT2D eigenvalue weighted by molar-refractivity contribution is 5.90. The van der Waals surface area contributed by atoms with Crippen LogP contribution in [0.3, 0.4) is 0 Å². The molecular weight excluding hydrogens is 304 g/mol. The highest BCUT2D eigenvalue weighted by Gasteiger charge is 2.10. The molecule has 0 saturated carbocycles. The van der Waals surface area contributed by atoms with Gasteiger partial charge in [0.1, 0.15) is 11.5 Å². The van der Waals surface area contributed by atoms with Gasteiger partial charge in [-0.1, -0.05) is 24.3 Å². The minimum Gasteiger partial charge on any atom is -0.394 e. The molecule has 1 aliphatic heterocycles. The summed E-state index contributed by atoms with van der Waals surface area (Å²) in [6, 6.07) is 7.87. The van der Waals surface area contributed by atoms with Crippen molar-refractivity contribution in [2.24, 2.45) is 4.99 Å². The number of nitrogens with one attached hydrogen (secondary N) is 1. The van der Waals surface area contributed by atoms with Crippen molar-refractivity contribution in [3.8, 4) is 0 Å². The van der Waals surface area contributed by atoms with Crippen LogP contribution in [0.5, 0.6) is 0 Å². The Hall–Kier alpha value is -2.57. The highest BCUT2D eigenvalue weighted by atomic mass is 16.5. The molecule has 0 bridgehead atoms. The molecule has 0 radical (unpaired) electrons. The number of rotatable bonds is 7. The number of hydrogen-bond donors (Lipinski definition) is 2. The van der Waals surface area contributed by atoms with E-state index in [2.05, 4.69) is 20.3 Å². The average Bonchev–Trinajstić information content (AvgIpc) is 2.90. The van der Waals surface area contributed by atoms with Crippen molar-refractivity contribution in [2.45, 2.75) is 6.42 Å². The van der Waals surface area contributed by atoms with Crippen LogP contribution >= 0.6 is 0 Å². The Morgan fingerprint density at radius 3 is 3.00 bits per heavy atom. The molecular formula is C18H20N4O2. The van der Waals surface area contributed by atoms with E-state index in [-0.39, 0.29) is 6.61 Å². The number of nitrogens with zero attached hydrogens (tertiary/aromatic N) is 3. The molecule has 0 aliphatic carbocycles. The molecule has 0 atom stereocenters. The molecule has 0 fully saturated rings. The SMILES string of the molecule is OCCOCCNc1nc(C2=CC=CCC=N2)nc2ccccc12. The third-order valence-corrected chi connectivity index (χ3v) is 3.47. The second-order valence-electron chi connectivity index (χ2n) is 5.20. The van der Waals surface area contributed by atoms with E-state index in [0.29, 0.717) is 25.6 Å². The Balaban J connectivity index is 1.88. The number of aliphatic hydroxyl groups excluding tert-OH is 1. The molecule has 24 heavy (non-hydrogen) atoms. The number of hydrogen-bond acceptors (Lipinski definition) is 6. The van der Waals surface area contributed by atoms with Crippen molar-refractivity contribution in [1.29, 1.82) is 0 Å². The minimum absolute atomic E-state index is 0.0280. The van der Waals surface area contributed by atoms with Gasteiger partial charge in [-0.3, -0.25) is 4.99 Å². The summed E-state index contributed by atoms with van der Waals surface area (Å²) in [5.74, 6) is 1.35. The number of para-hydroxylation sites is 1. The maximum Gasteiger partial charge on any atom is 0.180 e. The van der Waals surface area contributed by atoms with Crippen LogP contribution in [0, 0.1) is 0 Å². The lowest BCUT2D eigenvalue weighted by Gasteiger charge is -2.11. The lowest BCUT2D eigenvalue weighted by atomic mass is 10.2. The van der Waals surface area contributed by atoms with Crippen LogP contribution in [0.1, 0.15) is 12.2 Å². The van der Waals surface area contributed by atoms with Crippen molar-refractivity contribution in [2.75, 3.05) is 31.7 Å². The van der Waals surface area contributed by atoms with Crippen LogP contribution in [0.25, 0.3) is 16.6 Å². The zero-order valence-corrected chi connectivity index (χ0v) is 13.4. The second kappa shape index (κ2) is 8.33. The highest BCUT2D eigenvalue weighted by Crippen LogP contribution is 2.23. The van der Waals surface area contributed by atoms with Crippen LogP contribution in [0.15, 0.2) is 47.5 Å². The van der Waals surface area contributed by atoms with Crippen molar-refractivity contribution >= 4 is 28.6 Å². The van der Waals surface area contributed by atoms with Crippen molar-refractivity contribution in [1.82, 2.24) is 9.97 Å². The van der Waals surface area contributed by atoms with E-state index < -0.39 is 0 Å². The van der Waals surface area contributed by atoms with Crippen LogP contribution in [0.2, 0.25) is 0 Å². The van der Waals surface area contributed by atoms with Gasteiger partial charge < -0.3 is 15.2 Å². The molecule has 2 aromatic rings. The topological polar surface area (TPSA) is 79.6 Å². The Morgan fingerprint density at radius 2 is 2.08 bits per heavy atom. The molecule has 124 valence electrons. The van der Waals surface area contributed by atoms with E-state index in [4.69, 9.17) is 9.84 Å². The summed E-state index contributed by atoms with van der Waals surface area (Å²) in [4.78, 5) is 13.7. The Labute approximate surface area is 140 Å². The number of ether oxygens (including phenoxy) is 1. The van der Waals surface area contributed by atoms with Gasteiger partial charge in [-0.05, 0) is 18.2 Å². The molecule has 1 aliphatic rings. The van der Waals surface area contributed by atoms with Crippen LogP contribution in [-0.4, -0.2) is 47.7 Å². The first kappa shape index (κ1) is 16.3. The van der Waals surface area contributed by atoms with E-state index in [9.17, 15) is 0 Å². The van der Waals surface area contributed by atoms with Gasteiger partial charge in [0, 0.05) is 24.6 Å². The molecule has 2 N–H and O–H groups in total. The van der Waals surface area contributed by atoms with E-state index in [1.807, 2.05) is 48.7 Å². The second-order valence-corrected chi connectivity index (χ2v) is 5.20. The maximum atomic E-state index is 8.74. The number of fused-ring (bicyclic) bond motifs is 1. The number of allylic oxidation sites excluding steroid dienone is 3. The van der Waals surface area contributed by atoms with Crippen LogP contribution in [-0.2, 0) is 4.74 Å². The molecule has 6 nitrogen and oxygen atoms in total. The average molecular weight is 324 g/mol. The summed E-state index contributed by atoms with van der Waals surface area (Å²) in [6.07, 6.45) is 8.58. The van der Waals surface area contributed by atoms with Gasteiger partial charge in [-0.2, -0.15) is 0 Å². The lowest BCUT2D eigenvalue weighted by molar-refractivity contribution is 0.0992. The minimum atomic E-state index is 0.0280. The van der Waals surface area contributed by atoms with Crippen molar-refractivity contribution in [3.63, 3.8) is 0 Å². The van der Waals surface area contributed by atoms with Gasteiger partial charge in [0.05, 0.1) is 25.3 Å². The predicted molar refractivity (Wildman–Crippen MR) is 96.2 cm³/mol. The molecule has 0 unspecified atom stereocenters. The largest absolute Gasteiger partial charge is 0.394 e. The van der Waals surface area contributed by atoms with E-state index >= 15 is 0 Å². The van der Waals surface area contributed by atoms with Gasteiger partial charge in [0.15, 0.2) is 5.82 Å². The first-order valence-corrected chi connectivity index (χ1v) is 7.97. The number of aromatic nitrogens is 2. The summed E-state index contributed by atoms with van der Waals surface area (Å²) in [5, 5.41) is 13.0. The van der Waals surface area contributed by atoms with Gasteiger partial charge in [0.25, 0.3) is 0 Å². The summed E-state index contributed by atoms with van der Waals surface area (Å²) < 4.78 is 5.28. The summed E-state index contributed by atoms with van der Waals surface area (Å²) >= 11 is 0. The Morgan fingerprint density at radius 1 is 1.17 bits per heavy atom. The van der Waals surface area contributed by atoms with Gasteiger partial charge in [-0.25, -0.2) is 9.97 Å². The summed E-state index contributed by atoms with van der Waals surface area (Å²) in [6.45, 7) is 1.46. The molecule has 0 amide bonds. The lowest BCUT2D eigenvalue weighted by Crippen LogP contribution is -2.13. The molecule has 3 rings (SSSR count). The first-order chi connectivity index (χ1) is 11.9. The smallest absolute Gasteiger partial charge is 0.180 e. The summed E-state index contributed by atoms with van der Waals surface area (Å²) in [5.41, 5.74) is 1.61. The molecule has 2 heterocycles. The Bertz CT molecular complexity index is 784. The third kappa shape index (κ3) is 4.04. The zero-order valence-electron chi connectivity index (χ0n) is 13.4. The number of benzene rings is 1. The van der Waals surface area contributed by atoms with Crippen LogP contribution < -0.4 is 5.32 Å². The standard InChI is InChI=1S/C18H20N4O2/c23-11-13-24-12-10-20-17-14-6-3-4-7-15(14)21-18(22-17)16-8-2-1-5-9-19-16/h1-4,6-9,23H,5,10-13H2,(H,20,21,22). The number of aliphatic imine (C=N–C) groups is 1. The fourth-order valence-corrected chi connectivity index (χ4v) is 2.36. The molecule has 0 spiro atoms. The maximum absolute atomic E-state index is 8.74. The fraction of sp³-hybridized carbons (Fsp3) is 0.278. The fourth-order valence-electron chi connectivity index (χ4n) is 2.36. The van der Waals surface area contributed by atoms with E-state index in [1.54, 1.807) is 0 Å². The molecule has 6 heteroatoms. The first-order valence-electron chi connectivity index (χ1n) is 7.97. The normalized spacial score (nSPS) is 13.8. The van der Waals surface area contributed by atoms with Gasteiger partial charge in [-0.15, -0.1) is 0 Å². The van der Waals surface area contributed by atoms with E-state index in [0.717, 1.165) is 28.8 Å². The zero-order chi connectivity index (χ0) is 16.6. The van der Waals surface area contributed by atoms with E-state index in [1.165, 1.54) is 0 Å². The summed E-state index contributed by atoms with van der Waals surface area (Å²) in [7, 11) is 0. The molecule has 0 saturated heterocycles. The van der Waals surface area contributed by atoms with Crippen molar-refractivity contribution in [3.05, 3.63) is 48.3 Å². The molecule has 1 aromatic heterocycles. The Kier molecular flexibility index (Phi) is 5.65. The van der Waals surface area contributed by atoms with Crippen molar-refractivity contribution < 1.29 is 9.84 Å². The number of aliphatic hydroxyl groups is 1. The monoisotopic (exact) mass is 324 g/mol. The molecule has 1 aromatic carbocycles. The number of anilines is 1. The van der Waals surface area contributed by atoms with Crippen LogP contribution in [0.4, 0.5) is 5.82 Å². The van der Waals surface area contributed by atoms with Gasteiger partial charge in [0.2, 0.25) is 0 Å². The van der Waals surface area contributed by atoms with Gasteiger partial charge >= 0.3 is 0 Å².